The van der Waals surface area contributed by atoms with E-state index in [9.17, 15) is 86.4 Å². The van der Waals surface area contributed by atoms with E-state index in [4.69, 9.17) is 47.6 Å². The largest absolute Gasteiger partial charge is 0.447 e. The first kappa shape index (κ1) is 96.4. The fourth-order valence-corrected chi connectivity index (χ4v) is 10.6. The van der Waals surface area contributed by atoms with Gasteiger partial charge in [-0.15, -0.1) is 0 Å². The van der Waals surface area contributed by atoms with Crippen molar-refractivity contribution in [1.29, 1.82) is 0 Å². The molecule has 0 radical (unpaired) electrons. The fraction of sp³-hybridized carbons (Fsp3) is 0.135. The summed E-state index contributed by atoms with van der Waals surface area (Å²) in [7, 11) is 0. The number of hydrogen-bond acceptors (Lipinski definition) is 24. The highest BCUT2D eigenvalue weighted by Gasteiger charge is 2.26. The zero-order valence-electron chi connectivity index (χ0n) is 67.9. The van der Waals surface area contributed by atoms with Crippen molar-refractivity contribution in [3.63, 3.8) is 0 Å². The van der Waals surface area contributed by atoms with Crippen molar-refractivity contribution in [2.75, 3.05) is 59.7 Å². The van der Waals surface area contributed by atoms with Crippen molar-refractivity contribution in [2.24, 2.45) is 0 Å². The van der Waals surface area contributed by atoms with Crippen LogP contribution in [-0.4, -0.2) is 62.6 Å². The summed E-state index contributed by atoms with van der Waals surface area (Å²) in [4.78, 5) is 103. The van der Waals surface area contributed by atoms with Gasteiger partial charge in [-0.25, -0.2) is 41.1 Å². The maximum Gasteiger partial charge on any atom is 0.414 e. The number of aldehydes is 1. The molecular weight excluding hydrogens is 1650 g/mol. The standard InChI is InChI=1S/C25H24FN3O6.C21H18FN3O4.C17H20FN3O2.C13H12FN3O2.C7H5FO.C6H7N3O2/c1-17(2)35-24(30)27-22-13-12-21(14-23(22)29(32)33)28(15-18-8-10-20(26)11-9-18)25(31)34-16-19-6-4-3-5-7-19;22-17-8-6-15(7-9-17)13-24(18-10-11-19(23)20(12-18)25(27)28)21(26)29-14-16-4-2-1-3-5-16;1-11(2)23-17(22)21-16-8-7-14(9-15(16)19)20-10-12-3-5-13(18)6-4-12;14-10-3-1-9(2-4-10)8-16-11-5-6-12(15)13(7-11)17(18)19;8-7-3-1-6(5-9)2-4-7;7-4-1-2-5(8)6(3-4)9(10)11/h3-14,17H,15-16H2,1-2H3,(H,27,30);1-12H,13-14,23H2;3-9,11,20H,10,19H2,1-2H3,(H,21,22);1-7,16H,8,15H2;1-5H;1-3H,7-8H2. The van der Waals surface area contributed by atoms with E-state index in [1.54, 1.807) is 100 Å². The SMILES string of the molecule is CC(C)OC(=O)Nc1ccc(N(Cc2ccc(F)cc2)C(=O)OCc2ccccc2)cc1[N+](=O)[O-].CC(C)OC(=O)Nc1ccc(NCc2ccc(F)cc2)cc1N.Nc1ccc(N(Cc2ccc(F)cc2)C(=O)OCc2ccccc2)cc1[N+](=O)[O-].Nc1ccc(N)c([N+](=O)[O-])c1.Nc1ccc(NCc2ccc(F)cc2)cc1[N+](=O)[O-].O=Cc1ccc(F)cc1. The number of nitrogens with zero attached hydrogens (tertiary/aromatic N) is 6. The molecule has 0 heterocycles. The second-order valence-corrected chi connectivity index (χ2v) is 27.2. The molecule has 12 aromatic carbocycles. The predicted molar refractivity (Wildman–Crippen MR) is 469 cm³/mol. The Morgan fingerprint density at radius 1 is 0.373 bits per heavy atom. The van der Waals surface area contributed by atoms with Crippen LogP contribution >= 0.6 is 0 Å². The molecule has 37 heteroatoms. The van der Waals surface area contributed by atoms with Crippen LogP contribution in [0.4, 0.5) is 126 Å². The maximum absolute atomic E-state index is 13.4. The quantitative estimate of drug-likeness (QED) is 0.00641. The summed E-state index contributed by atoms with van der Waals surface area (Å²) in [5.41, 5.74) is 34.9. The lowest BCUT2D eigenvalue weighted by molar-refractivity contribution is -0.384. The minimum Gasteiger partial charge on any atom is -0.447 e. The molecule has 0 bridgehead atoms. The zero-order chi connectivity index (χ0) is 91.9. The van der Waals surface area contributed by atoms with Crippen LogP contribution in [0.5, 0.6) is 0 Å². The molecule has 0 aliphatic heterocycles. The van der Waals surface area contributed by atoms with Crippen LogP contribution in [0.25, 0.3) is 0 Å². The Bertz CT molecular complexity index is 5670. The van der Waals surface area contributed by atoms with Crippen LogP contribution in [0.3, 0.4) is 0 Å². The van der Waals surface area contributed by atoms with Gasteiger partial charge in [0.1, 0.15) is 71.3 Å². The number of amides is 4. The van der Waals surface area contributed by atoms with E-state index in [0.717, 1.165) is 34.0 Å². The predicted octanol–water partition coefficient (Wildman–Crippen LogP) is 20.0. The molecule has 4 amide bonds. The Morgan fingerprint density at radius 3 is 1.10 bits per heavy atom. The van der Waals surface area contributed by atoms with E-state index >= 15 is 0 Å². The number of nitro groups is 4. The molecule has 14 N–H and O–H groups in total. The van der Waals surface area contributed by atoms with Crippen molar-refractivity contribution in [1.82, 2.24) is 0 Å². The molecule has 0 aliphatic carbocycles. The number of nitrogens with two attached hydrogens (primary N) is 5. The van der Waals surface area contributed by atoms with Gasteiger partial charge in [-0.1, -0.05) is 109 Å². The molecule has 0 unspecified atom stereocenters. The van der Waals surface area contributed by atoms with E-state index in [1.165, 1.54) is 168 Å². The van der Waals surface area contributed by atoms with Gasteiger partial charge in [0, 0.05) is 60.0 Å². The normalized spacial score (nSPS) is 10.2. The van der Waals surface area contributed by atoms with Crippen molar-refractivity contribution in [3.8, 4) is 0 Å². The van der Waals surface area contributed by atoms with Gasteiger partial charge in [0.15, 0.2) is 0 Å². The highest BCUT2D eigenvalue weighted by molar-refractivity contribution is 5.93. The van der Waals surface area contributed by atoms with Crippen molar-refractivity contribution in [2.45, 2.75) is 79.3 Å². The summed E-state index contributed by atoms with van der Waals surface area (Å²) in [5.74, 6) is -1.73. The molecule has 0 aromatic heterocycles. The molecule has 0 atom stereocenters. The summed E-state index contributed by atoms with van der Waals surface area (Å²) in [6.45, 7) is 7.85. The number of benzene rings is 12. The molecule has 654 valence electrons. The number of carbonyl (C=O) groups is 5. The summed E-state index contributed by atoms with van der Waals surface area (Å²) in [6, 6.07) is 68.7. The summed E-state index contributed by atoms with van der Waals surface area (Å²) in [5, 5.41) is 55.1. The molecule has 0 aliphatic rings. The number of anilines is 11. The van der Waals surface area contributed by atoms with Gasteiger partial charge in [-0.05, 0) is 201 Å². The van der Waals surface area contributed by atoms with E-state index in [2.05, 4.69) is 21.3 Å². The second kappa shape index (κ2) is 48.5. The third kappa shape index (κ3) is 32.8. The summed E-state index contributed by atoms with van der Waals surface area (Å²) < 4.78 is 85.0. The Kier molecular flexibility index (Phi) is 37.1. The number of nitrogen functional groups attached to an aromatic ring is 5. The van der Waals surface area contributed by atoms with Gasteiger partial charge >= 0.3 is 24.4 Å². The number of halogens is 5. The molecule has 32 nitrogen and oxygen atoms in total. The van der Waals surface area contributed by atoms with Crippen molar-refractivity contribution in [3.05, 3.63) is 381 Å². The number of ether oxygens (including phenoxy) is 4. The number of nitro benzene ring substituents is 4. The average Bonchev–Trinajstić information content (AvgIpc) is 0.813. The molecular formula is C89H86F5N15O17. The Hall–Kier alpha value is -16.8. The van der Waals surface area contributed by atoms with E-state index in [1.807, 2.05) is 36.4 Å². The summed E-state index contributed by atoms with van der Waals surface area (Å²) in [6.07, 6.45) is -2.78. The Labute approximate surface area is 717 Å². The van der Waals surface area contributed by atoms with Gasteiger partial charge in [-0.2, -0.15) is 0 Å². The van der Waals surface area contributed by atoms with Gasteiger partial charge in [0.25, 0.3) is 22.7 Å². The van der Waals surface area contributed by atoms with Gasteiger partial charge in [0.2, 0.25) is 0 Å². The minimum atomic E-state index is -0.846. The number of nitrogens with one attached hydrogen (secondary N) is 4. The lowest BCUT2D eigenvalue weighted by atomic mass is 10.1. The molecule has 0 saturated carbocycles. The highest BCUT2D eigenvalue weighted by atomic mass is 19.1. The van der Waals surface area contributed by atoms with Crippen LogP contribution < -0.4 is 59.7 Å². The third-order valence-electron chi connectivity index (χ3n) is 16.9. The molecule has 12 rings (SSSR count). The van der Waals surface area contributed by atoms with Gasteiger partial charge < -0.3 is 58.2 Å². The highest BCUT2D eigenvalue weighted by Crippen LogP contribution is 2.34. The maximum atomic E-state index is 13.4. The molecule has 0 spiro atoms. The lowest BCUT2D eigenvalue weighted by Crippen LogP contribution is -2.31. The molecule has 0 saturated heterocycles. The zero-order valence-corrected chi connectivity index (χ0v) is 67.9. The van der Waals surface area contributed by atoms with Crippen LogP contribution in [0.1, 0.15) is 71.4 Å². The van der Waals surface area contributed by atoms with Crippen molar-refractivity contribution >= 4 is 116 Å². The smallest absolute Gasteiger partial charge is 0.414 e. The van der Waals surface area contributed by atoms with Gasteiger partial charge in [0.05, 0.1) is 67.7 Å². The first-order valence-electron chi connectivity index (χ1n) is 37.7. The molecule has 12 aromatic rings. The first-order valence-corrected chi connectivity index (χ1v) is 37.7. The number of hydrogen-bond donors (Lipinski definition) is 9. The molecule has 126 heavy (non-hydrogen) atoms. The van der Waals surface area contributed by atoms with Crippen molar-refractivity contribution < 1.29 is 84.6 Å². The van der Waals surface area contributed by atoms with Crippen LogP contribution in [-0.2, 0) is 58.3 Å². The number of carbonyl (C=O) groups excluding carboxylic acids is 5. The third-order valence-corrected chi connectivity index (χ3v) is 16.9. The number of rotatable bonds is 25. The Morgan fingerprint density at radius 2 is 0.706 bits per heavy atom. The lowest BCUT2D eigenvalue weighted by Gasteiger charge is -2.23. The summed E-state index contributed by atoms with van der Waals surface area (Å²) >= 11 is 0. The van der Waals surface area contributed by atoms with E-state index in [-0.39, 0.29) is 101 Å². The van der Waals surface area contributed by atoms with Crippen LogP contribution in [0.15, 0.2) is 273 Å². The minimum absolute atomic E-state index is 0.0115. The van der Waals surface area contributed by atoms with Gasteiger partial charge in [-0.3, -0.25) is 65.7 Å². The Balaban J connectivity index is 0.000000218. The van der Waals surface area contributed by atoms with E-state index < -0.39 is 67.5 Å². The van der Waals surface area contributed by atoms with Crippen LogP contribution in [0, 0.1) is 69.5 Å². The average molecular weight is 1730 g/mol. The molecule has 0 fully saturated rings. The van der Waals surface area contributed by atoms with Crippen LogP contribution in [0.2, 0.25) is 0 Å². The fourth-order valence-electron chi connectivity index (χ4n) is 10.6. The van der Waals surface area contributed by atoms with E-state index in [0.29, 0.717) is 58.8 Å². The first-order chi connectivity index (χ1) is 60.1. The topological polar surface area (TPSA) is 480 Å². The monoisotopic (exact) mass is 1730 g/mol. The second-order valence-electron chi connectivity index (χ2n) is 27.2.